The zero-order valence-corrected chi connectivity index (χ0v) is 11.9. The fourth-order valence-corrected chi connectivity index (χ4v) is 2.79. The lowest BCUT2D eigenvalue weighted by Crippen LogP contribution is -2.53. The van der Waals surface area contributed by atoms with Crippen LogP contribution in [0.25, 0.3) is 11.0 Å². The van der Waals surface area contributed by atoms with E-state index in [1.165, 1.54) is 0 Å². The van der Waals surface area contributed by atoms with Gasteiger partial charge in [-0.3, -0.25) is 4.79 Å². The van der Waals surface area contributed by atoms with E-state index in [-0.39, 0.29) is 17.4 Å². The molecule has 1 aromatic heterocycles. The number of piperidine rings is 1. The molecule has 106 valence electrons. The number of carbonyl (C=O) groups excluding carboxylic acids is 1. The van der Waals surface area contributed by atoms with Gasteiger partial charge in [-0.2, -0.15) is 0 Å². The first-order valence-electron chi connectivity index (χ1n) is 7.01. The smallest absolute Gasteiger partial charge is 0.289 e. The summed E-state index contributed by atoms with van der Waals surface area (Å²) in [6, 6.07) is 9.63. The van der Waals surface area contributed by atoms with Crippen molar-refractivity contribution in [3.8, 4) is 0 Å². The predicted octanol–water partition coefficient (Wildman–Crippen LogP) is 2.63. The second-order valence-electron chi connectivity index (χ2n) is 6.26. The molecule has 0 bridgehead atoms. The number of benzene rings is 1. The topological polar surface area (TPSA) is 59.5 Å². The number of nitrogens with two attached hydrogens (primary N) is 1. The van der Waals surface area contributed by atoms with Crippen LogP contribution in [0.3, 0.4) is 0 Å². The molecule has 2 heterocycles. The zero-order valence-electron chi connectivity index (χ0n) is 11.9. The second kappa shape index (κ2) is 4.63. The zero-order chi connectivity index (χ0) is 14.3. The normalized spacial score (nSPS) is 22.1. The summed E-state index contributed by atoms with van der Waals surface area (Å²) in [5.74, 6) is 0.374. The summed E-state index contributed by atoms with van der Waals surface area (Å²) in [5.41, 5.74) is 6.81. The molecule has 1 fully saturated rings. The van der Waals surface area contributed by atoms with Crippen molar-refractivity contribution in [3.05, 3.63) is 36.1 Å². The summed E-state index contributed by atoms with van der Waals surface area (Å²) < 4.78 is 5.66. The average Bonchev–Trinajstić information content (AvgIpc) is 2.84. The fourth-order valence-electron chi connectivity index (χ4n) is 2.79. The van der Waals surface area contributed by atoms with E-state index in [2.05, 4.69) is 13.8 Å². The Bertz CT molecular complexity index is 612. The molecular weight excluding hydrogens is 252 g/mol. The summed E-state index contributed by atoms with van der Waals surface area (Å²) in [7, 11) is 0. The van der Waals surface area contributed by atoms with Crippen molar-refractivity contribution >= 4 is 16.9 Å². The minimum atomic E-state index is -0.0556. The van der Waals surface area contributed by atoms with Gasteiger partial charge >= 0.3 is 0 Å². The average molecular weight is 272 g/mol. The van der Waals surface area contributed by atoms with E-state index in [1.807, 2.05) is 35.2 Å². The highest BCUT2D eigenvalue weighted by Crippen LogP contribution is 2.29. The van der Waals surface area contributed by atoms with E-state index < -0.39 is 0 Å². The van der Waals surface area contributed by atoms with Crippen molar-refractivity contribution in [2.75, 3.05) is 13.1 Å². The van der Waals surface area contributed by atoms with Crippen LogP contribution in [0.5, 0.6) is 0 Å². The number of amides is 1. The molecule has 1 unspecified atom stereocenters. The standard InChI is InChI=1S/C16H20N2O2/c1-16(2)10-18(8-7-14(16)17)15(19)13-9-11-5-3-4-6-12(11)20-13/h3-6,9,14H,7-8,10,17H2,1-2H3. The predicted molar refractivity (Wildman–Crippen MR) is 78.5 cm³/mol. The van der Waals surface area contributed by atoms with Crippen LogP contribution < -0.4 is 5.73 Å². The van der Waals surface area contributed by atoms with Gasteiger partial charge in [0.1, 0.15) is 5.58 Å². The molecule has 0 aliphatic carbocycles. The maximum Gasteiger partial charge on any atom is 0.289 e. The molecule has 4 heteroatoms. The highest BCUT2D eigenvalue weighted by Gasteiger charge is 2.36. The molecule has 1 atom stereocenters. The van der Waals surface area contributed by atoms with Crippen molar-refractivity contribution in [1.82, 2.24) is 4.90 Å². The number of furan rings is 1. The lowest BCUT2D eigenvalue weighted by atomic mass is 9.79. The summed E-state index contributed by atoms with van der Waals surface area (Å²) >= 11 is 0. The third-order valence-corrected chi connectivity index (χ3v) is 4.24. The molecule has 1 aromatic carbocycles. The maximum absolute atomic E-state index is 12.6. The molecule has 0 saturated carbocycles. The Morgan fingerprint density at radius 1 is 1.40 bits per heavy atom. The Labute approximate surface area is 118 Å². The monoisotopic (exact) mass is 272 g/mol. The van der Waals surface area contributed by atoms with E-state index in [1.54, 1.807) is 0 Å². The molecule has 1 saturated heterocycles. The SMILES string of the molecule is CC1(C)CN(C(=O)c2cc3ccccc3o2)CCC1N. The Kier molecular flexibility index (Phi) is 3.05. The van der Waals surface area contributed by atoms with Gasteiger partial charge in [-0.05, 0) is 24.0 Å². The van der Waals surface area contributed by atoms with Crippen molar-refractivity contribution in [3.63, 3.8) is 0 Å². The summed E-state index contributed by atoms with van der Waals surface area (Å²) in [5, 5.41) is 0.962. The third-order valence-electron chi connectivity index (χ3n) is 4.24. The minimum Gasteiger partial charge on any atom is -0.451 e. The molecule has 1 aliphatic heterocycles. The number of nitrogens with zero attached hydrogens (tertiary/aromatic N) is 1. The van der Waals surface area contributed by atoms with Gasteiger partial charge in [0.2, 0.25) is 0 Å². The van der Waals surface area contributed by atoms with Crippen LogP contribution in [0.1, 0.15) is 30.8 Å². The molecule has 2 aromatic rings. The Hall–Kier alpha value is -1.81. The first kappa shape index (κ1) is 13.2. The number of hydrogen-bond acceptors (Lipinski definition) is 3. The van der Waals surface area contributed by atoms with Crippen LogP contribution in [0.15, 0.2) is 34.7 Å². The van der Waals surface area contributed by atoms with E-state index in [0.29, 0.717) is 18.8 Å². The highest BCUT2D eigenvalue weighted by atomic mass is 16.3. The Balaban J connectivity index is 1.85. The number of fused-ring (bicyclic) bond motifs is 1. The first-order valence-corrected chi connectivity index (χ1v) is 7.01. The van der Waals surface area contributed by atoms with E-state index >= 15 is 0 Å². The van der Waals surface area contributed by atoms with Gasteiger partial charge in [-0.1, -0.05) is 32.0 Å². The molecule has 1 amide bonds. The molecule has 0 spiro atoms. The van der Waals surface area contributed by atoms with Crippen molar-refractivity contribution in [1.29, 1.82) is 0 Å². The number of carbonyl (C=O) groups is 1. The van der Waals surface area contributed by atoms with Crippen LogP contribution in [0.4, 0.5) is 0 Å². The van der Waals surface area contributed by atoms with Crippen LogP contribution >= 0.6 is 0 Å². The number of likely N-dealkylation sites (tertiary alicyclic amines) is 1. The fraction of sp³-hybridized carbons (Fsp3) is 0.438. The quantitative estimate of drug-likeness (QED) is 0.868. The van der Waals surface area contributed by atoms with Gasteiger partial charge in [-0.15, -0.1) is 0 Å². The first-order chi connectivity index (χ1) is 9.47. The maximum atomic E-state index is 12.6. The van der Waals surface area contributed by atoms with E-state index in [4.69, 9.17) is 10.2 Å². The molecule has 20 heavy (non-hydrogen) atoms. The van der Waals surface area contributed by atoms with Crippen molar-refractivity contribution in [2.24, 2.45) is 11.1 Å². The lowest BCUT2D eigenvalue weighted by Gasteiger charge is -2.42. The number of hydrogen-bond donors (Lipinski definition) is 1. The van der Waals surface area contributed by atoms with Gasteiger partial charge in [-0.25, -0.2) is 0 Å². The van der Waals surface area contributed by atoms with Crippen molar-refractivity contribution in [2.45, 2.75) is 26.3 Å². The third kappa shape index (κ3) is 2.20. The molecule has 4 nitrogen and oxygen atoms in total. The van der Waals surface area contributed by atoms with Gasteiger partial charge in [0.05, 0.1) is 0 Å². The summed E-state index contributed by atoms with van der Waals surface area (Å²) in [6.07, 6.45) is 0.832. The van der Waals surface area contributed by atoms with Gasteiger partial charge in [0.15, 0.2) is 5.76 Å². The molecule has 0 radical (unpaired) electrons. The van der Waals surface area contributed by atoms with E-state index in [0.717, 1.165) is 17.4 Å². The van der Waals surface area contributed by atoms with Crippen molar-refractivity contribution < 1.29 is 9.21 Å². The Morgan fingerprint density at radius 3 is 2.85 bits per heavy atom. The van der Waals surface area contributed by atoms with Crippen LogP contribution in [0, 0.1) is 5.41 Å². The Morgan fingerprint density at radius 2 is 2.15 bits per heavy atom. The largest absolute Gasteiger partial charge is 0.451 e. The molecular formula is C16H20N2O2. The number of rotatable bonds is 1. The molecule has 2 N–H and O–H groups in total. The summed E-state index contributed by atoms with van der Waals surface area (Å²) in [4.78, 5) is 14.4. The minimum absolute atomic E-state index is 0.0406. The van der Waals surface area contributed by atoms with Gasteiger partial charge in [0, 0.05) is 24.5 Å². The number of para-hydroxylation sites is 1. The van der Waals surface area contributed by atoms with Crippen LogP contribution in [0.2, 0.25) is 0 Å². The van der Waals surface area contributed by atoms with Gasteiger partial charge < -0.3 is 15.1 Å². The second-order valence-corrected chi connectivity index (χ2v) is 6.26. The van der Waals surface area contributed by atoms with Crippen LogP contribution in [-0.2, 0) is 0 Å². The van der Waals surface area contributed by atoms with E-state index in [9.17, 15) is 4.79 Å². The van der Waals surface area contributed by atoms with Gasteiger partial charge in [0.25, 0.3) is 5.91 Å². The summed E-state index contributed by atoms with van der Waals surface area (Å²) in [6.45, 7) is 5.58. The molecule has 3 rings (SSSR count). The lowest BCUT2D eigenvalue weighted by molar-refractivity contribution is 0.0505. The molecule has 1 aliphatic rings. The highest BCUT2D eigenvalue weighted by molar-refractivity contribution is 5.96. The van der Waals surface area contributed by atoms with Crippen LogP contribution in [-0.4, -0.2) is 29.9 Å².